The van der Waals surface area contributed by atoms with Crippen LogP contribution in [0.15, 0.2) is 18.2 Å². The van der Waals surface area contributed by atoms with Crippen molar-refractivity contribution in [2.45, 2.75) is 37.8 Å². The van der Waals surface area contributed by atoms with Gasteiger partial charge in [0, 0.05) is 25.2 Å². The van der Waals surface area contributed by atoms with Crippen LogP contribution in [0.25, 0.3) is 0 Å². The molecule has 0 aromatic heterocycles. The maximum atomic E-state index is 9.16. The normalized spacial score (nSPS) is 17.2. The zero-order valence-electron chi connectivity index (χ0n) is 11.6. The fourth-order valence-electron chi connectivity index (χ4n) is 2.62. The van der Waals surface area contributed by atoms with Crippen LogP contribution in [0.4, 0.5) is 0 Å². The standard InChI is InChI=1S/C15H22Cl2N2O/c16-13-6-2-5-12(15(13)17)14(18)7-8-19(9-10-20)11-3-1-4-11/h2,5-6,11,14,20H,1,3-4,7-10,18H2. The second kappa shape index (κ2) is 7.62. The summed E-state index contributed by atoms with van der Waals surface area (Å²) in [6.45, 7) is 1.81. The summed E-state index contributed by atoms with van der Waals surface area (Å²) >= 11 is 12.2. The quantitative estimate of drug-likeness (QED) is 0.812. The summed E-state index contributed by atoms with van der Waals surface area (Å²) in [5.74, 6) is 0. The largest absolute Gasteiger partial charge is 0.395 e. The van der Waals surface area contributed by atoms with Crippen LogP contribution in [-0.4, -0.2) is 35.7 Å². The number of benzene rings is 1. The molecule has 0 aliphatic heterocycles. The fourth-order valence-corrected chi connectivity index (χ4v) is 3.07. The van der Waals surface area contributed by atoms with Crippen LogP contribution in [-0.2, 0) is 0 Å². The van der Waals surface area contributed by atoms with Crippen LogP contribution >= 0.6 is 23.2 Å². The van der Waals surface area contributed by atoms with E-state index in [0.717, 1.165) is 25.1 Å². The molecular weight excluding hydrogens is 295 g/mol. The zero-order valence-corrected chi connectivity index (χ0v) is 13.1. The molecule has 0 saturated heterocycles. The molecular formula is C15H22Cl2N2O. The lowest BCUT2D eigenvalue weighted by molar-refractivity contribution is 0.0982. The maximum Gasteiger partial charge on any atom is 0.0640 e. The molecule has 1 fully saturated rings. The molecule has 0 radical (unpaired) electrons. The SMILES string of the molecule is NC(CCN(CCO)C1CCC1)c1cccc(Cl)c1Cl. The Morgan fingerprint density at radius 3 is 2.65 bits per heavy atom. The average Bonchev–Trinajstić information content (AvgIpc) is 2.37. The van der Waals surface area contributed by atoms with E-state index < -0.39 is 0 Å². The Hall–Kier alpha value is -0.320. The van der Waals surface area contributed by atoms with Gasteiger partial charge in [0.2, 0.25) is 0 Å². The van der Waals surface area contributed by atoms with E-state index >= 15 is 0 Å². The van der Waals surface area contributed by atoms with Gasteiger partial charge in [-0.15, -0.1) is 0 Å². The van der Waals surface area contributed by atoms with Gasteiger partial charge in [-0.05, 0) is 30.9 Å². The van der Waals surface area contributed by atoms with Crippen molar-refractivity contribution in [2.75, 3.05) is 19.7 Å². The third-order valence-electron chi connectivity index (χ3n) is 4.09. The molecule has 0 bridgehead atoms. The molecule has 2 rings (SSSR count). The summed E-state index contributed by atoms with van der Waals surface area (Å²) in [5.41, 5.74) is 7.14. The monoisotopic (exact) mass is 316 g/mol. The summed E-state index contributed by atoms with van der Waals surface area (Å²) in [5, 5.41) is 10.3. The number of nitrogens with zero attached hydrogens (tertiary/aromatic N) is 1. The summed E-state index contributed by atoms with van der Waals surface area (Å²) in [7, 11) is 0. The Balaban J connectivity index is 1.92. The summed E-state index contributed by atoms with van der Waals surface area (Å²) < 4.78 is 0. The van der Waals surface area contributed by atoms with E-state index in [-0.39, 0.29) is 12.6 Å². The fraction of sp³-hybridized carbons (Fsp3) is 0.600. The van der Waals surface area contributed by atoms with E-state index in [2.05, 4.69) is 4.90 Å². The van der Waals surface area contributed by atoms with Crippen LogP contribution in [0.2, 0.25) is 10.0 Å². The number of nitrogens with two attached hydrogens (primary N) is 1. The zero-order chi connectivity index (χ0) is 14.5. The van der Waals surface area contributed by atoms with Crippen LogP contribution < -0.4 is 5.73 Å². The van der Waals surface area contributed by atoms with E-state index in [1.54, 1.807) is 6.07 Å². The lowest BCUT2D eigenvalue weighted by Crippen LogP contribution is -2.43. The number of aliphatic hydroxyl groups excluding tert-OH is 1. The van der Waals surface area contributed by atoms with Gasteiger partial charge in [0.25, 0.3) is 0 Å². The number of hydrogen-bond acceptors (Lipinski definition) is 3. The Bertz CT molecular complexity index is 438. The summed E-state index contributed by atoms with van der Waals surface area (Å²) in [4.78, 5) is 2.34. The van der Waals surface area contributed by atoms with Gasteiger partial charge in [-0.2, -0.15) is 0 Å². The van der Waals surface area contributed by atoms with Crippen molar-refractivity contribution < 1.29 is 5.11 Å². The lowest BCUT2D eigenvalue weighted by atomic mass is 9.91. The van der Waals surface area contributed by atoms with Crippen molar-refractivity contribution in [2.24, 2.45) is 5.73 Å². The minimum atomic E-state index is -0.123. The highest BCUT2D eigenvalue weighted by Gasteiger charge is 2.25. The van der Waals surface area contributed by atoms with E-state index in [0.29, 0.717) is 16.1 Å². The Labute approximate surface area is 130 Å². The molecule has 1 aromatic carbocycles. The molecule has 112 valence electrons. The second-order valence-corrected chi connectivity index (χ2v) is 6.17. The molecule has 20 heavy (non-hydrogen) atoms. The van der Waals surface area contributed by atoms with E-state index in [4.69, 9.17) is 34.0 Å². The Morgan fingerprint density at radius 1 is 1.30 bits per heavy atom. The first-order valence-corrected chi connectivity index (χ1v) is 7.93. The second-order valence-electron chi connectivity index (χ2n) is 5.38. The van der Waals surface area contributed by atoms with Crippen LogP contribution in [0.1, 0.15) is 37.3 Å². The third kappa shape index (κ3) is 3.86. The minimum absolute atomic E-state index is 0.123. The molecule has 1 aliphatic rings. The third-order valence-corrected chi connectivity index (χ3v) is 4.92. The van der Waals surface area contributed by atoms with Crippen molar-refractivity contribution >= 4 is 23.2 Å². The molecule has 0 amide bonds. The Kier molecular flexibility index (Phi) is 6.12. The highest BCUT2D eigenvalue weighted by atomic mass is 35.5. The minimum Gasteiger partial charge on any atom is -0.395 e. The van der Waals surface area contributed by atoms with Gasteiger partial charge in [-0.3, -0.25) is 4.90 Å². The molecule has 3 nitrogen and oxygen atoms in total. The topological polar surface area (TPSA) is 49.5 Å². The van der Waals surface area contributed by atoms with Crippen molar-refractivity contribution in [3.8, 4) is 0 Å². The predicted octanol–water partition coefficient (Wildman–Crippen LogP) is 3.23. The van der Waals surface area contributed by atoms with Crippen molar-refractivity contribution in [3.63, 3.8) is 0 Å². The maximum absolute atomic E-state index is 9.16. The van der Waals surface area contributed by atoms with Gasteiger partial charge in [-0.25, -0.2) is 0 Å². The van der Waals surface area contributed by atoms with Crippen LogP contribution in [0.5, 0.6) is 0 Å². The van der Waals surface area contributed by atoms with Crippen molar-refractivity contribution in [1.82, 2.24) is 4.90 Å². The number of aliphatic hydroxyl groups is 1. The van der Waals surface area contributed by atoms with Crippen molar-refractivity contribution in [3.05, 3.63) is 33.8 Å². The van der Waals surface area contributed by atoms with Crippen LogP contribution in [0, 0.1) is 0 Å². The van der Waals surface area contributed by atoms with Crippen molar-refractivity contribution in [1.29, 1.82) is 0 Å². The smallest absolute Gasteiger partial charge is 0.0640 e. The van der Waals surface area contributed by atoms with Gasteiger partial charge >= 0.3 is 0 Å². The number of halogens is 2. The van der Waals surface area contributed by atoms with E-state index in [1.165, 1.54) is 19.3 Å². The van der Waals surface area contributed by atoms with Gasteiger partial charge in [0.05, 0.1) is 16.7 Å². The first-order valence-electron chi connectivity index (χ1n) is 7.18. The number of hydrogen-bond donors (Lipinski definition) is 2. The molecule has 3 N–H and O–H groups in total. The van der Waals surface area contributed by atoms with E-state index in [9.17, 15) is 0 Å². The first-order chi connectivity index (χ1) is 9.63. The van der Waals surface area contributed by atoms with E-state index in [1.807, 2.05) is 12.1 Å². The average molecular weight is 317 g/mol. The molecule has 1 aliphatic carbocycles. The predicted molar refractivity (Wildman–Crippen MR) is 84.3 cm³/mol. The molecule has 1 unspecified atom stereocenters. The lowest BCUT2D eigenvalue weighted by Gasteiger charge is -2.37. The summed E-state index contributed by atoms with van der Waals surface area (Å²) in [6.07, 6.45) is 4.57. The summed E-state index contributed by atoms with van der Waals surface area (Å²) in [6, 6.07) is 6.07. The van der Waals surface area contributed by atoms with Gasteiger partial charge < -0.3 is 10.8 Å². The molecule has 1 saturated carbocycles. The van der Waals surface area contributed by atoms with Crippen LogP contribution in [0.3, 0.4) is 0 Å². The molecule has 1 aromatic rings. The molecule has 5 heteroatoms. The molecule has 0 heterocycles. The first kappa shape index (κ1) is 16.1. The van der Waals surface area contributed by atoms with Gasteiger partial charge in [0.1, 0.15) is 0 Å². The number of rotatable bonds is 7. The highest BCUT2D eigenvalue weighted by molar-refractivity contribution is 6.42. The highest BCUT2D eigenvalue weighted by Crippen LogP contribution is 2.31. The van der Waals surface area contributed by atoms with Gasteiger partial charge in [0.15, 0.2) is 0 Å². The molecule has 0 spiro atoms. The molecule has 1 atom stereocenters. The Morgan fingerprint density at radius 2 is 2.05 bits per heavy atom. The van der Waals surface area contributed by atoms with Gasteiger partial charge in [-0.1, -0.05) is 41.8 Å².